The molecule has 6 nitrogen and oxygen atoms in total. The van der Waals surface area contributed by atoms with Crippen molar-refractivity contribution in [2.45, 2.75) is 19.1 Å². The molecule has 2 heterocycles. The lowest BCUT2D eigenvalue weighted by atomic mass is 10.1. The fourth-order valence-electron chi connectivity index (χ4n) is 2.55. The Balaban J connectivity index is 1.74. The van der Waals surface area contributed by atoms with Gasteiger partial charge in [-0.05, 0) is 19.1 Å². The minimum absolute atomic E-state index is 0.101. The molecule has 114 valence electrons. The topological polar surface area (TPSA) is 66.0 Å². The molecule has 2 atom stereocenters. The van der Waals surface area contributed by atoms with Crippen LogP contribution >= 0.6 is 0 Å². The molecule has 6 heteroatoms. The Hall–Kier alpha value is -1.79. The van der Waals surface area contributed by atoms with Crippen LogP contribution in [-0.4, -0.2) is 51.1 Å². The van der Waals surface area contributed by atoms with E-state index in [9.17, 15) is 4.79 Å². The molecule has 0 saturated carbocycles. The normalized spacial score (nSPS) is 23.9. The average molecular weight is 293 g/mol. The molecule has 21 heavy (non-hydrogen) atoms. The van der Waals surface area contributed by atoms with Gasteiger partial charge in [0.15, 0.2) is 11.5 Å². The van der Waals surface area contributed by atoms with Crippen LogP contribution in [0.15, 0.2) is 18.2 Å². The summed E-state index contributed by atoms with van der Waals surface area (Å²) in [4.78, 5) is 12.5. The Morgan fingerprint density at radius 1 is 1.33 bits per heavy atom. The number of ether oxygens (including phenoxy) is 4. The second kappa shape index (κ2) is 6.32. The van der Waals surface area contributed by atoms with Gasteiger partial charge in [-0.15, -0.1) is 0 Å². The van der Waals surface area contributed by atoms with Crippen molar-refractivity contribution in [1.82, 2.24) is 5.32 Å². The van der Waals surface area contributed by atoms with E-state index in [1.165, 1.54) is 0 Å². The molecule has 1 aromatic carbocycles. The third-order valence-corrected chi connectivity index (χ3v) is 3.54. The Kier molecular flexibility index (Phi) is 4.26. The van der Waals surface area contributed by atoms with E-state index in [0.717, 1.165) is 0 Å². The third-order valence-electron chi connectivity index (χ3n) is 3.54. The zero-order valence-corrected chi connectivity index (χ0v) is 12.0. The summed E-state index contributed by atoms with van der Waals surface area (Å²) in [6, 6.07) is 5.17. The molecule has 1 saturated heterocycles. The summed E-state index contributed by atoms with van der Waals surface area (Å²) in [7, 11) is 0. The molecule has 1 amide bonds. The maximum Gasteiger partial charge on any atom is 0.255 e. The number of carbonyl (C=O) groups is 1. The van der Waals surface area contributed by atoms with Crippen molar-refractivity contribution in [2.24, 2.45) is 0 Å². The quantitative estimate of drug-likeness (QED) is 0.897. The number of hydrogen-bond acceptors (Lipinski definition) is 5. The molecule has 0 aromatic heterocycles. The highest BCUT2D eigenvalue weighted by atomic mass is 16.6. The highest BCUT2D eigenvalue weighted by molar-refractivity contribution is 5.98. The van der Waals surface area contributed by atoms with Crippen LogP contribution in [0, 0.1) is 0 Å². The molecule has 0 unspecified atom stereocenters. The lowest BCUT2D eigenvalue weighted by Crippen LogP contribution is -2.44. The number of fused-ring (bicyclic) bond motifs is 1. The molecule has 1 N–H and O–H groups in total. The van der Waals surface area contributed by atoms with Crippen LogP contribution in [0.2, 0.25) is 0 Å². The lowest BCUT2D eigenvalue weighted by Gasteiger charge is -2.22. The zero-order chi connectivity index (χ0) is 14.7. The number of para-hydroxylation sites is 1. The van der Waals surface area contributed by atoms with Crippen LogP contribution in [-0.2, 0) is 9.47 Å². The Bertz CT molecular complexity index is 519. The number of amides is 1. The van der Waals surface area contributed by atoms with Crippen LogP contribution < -0.4 is 14.8 Å². The average Bonchev–Trinajstić information content (AvgIpc) is 2.94. The van der Waals surface area contributed by atoms with Gasteiger partial charge in [0, 0.05) is 6.61 Å². The fourth-order valence-corrected chi connectivity index (χ4v) is 2.55. The number of benzene rings is 1. The molecular formula is C15H19NO5. The van der Waals surface area contributed by atoms with Gasteiger partial charge < -0.3 is 24.3 Å². The fraction of sp³-hybridized carbons (Fsp3) is 0.533. The first kappa shape index (κ1) is 14.2. The van der Waals surface area contributed by atoms with E-state index >= 15 is 0 Å². The second-order valence-electron chi connectivity index (χ2n) is 4.94. The van der Waals surface area contributed by atoms with Gasteiger partial charge in [0.2, 0.25) is 0 Å². The maximum absolute atomic E-state index is 12.5. The molecular weight excluding hydrogens is 274 g/mol. The van der Waals surface area contributed by atoms with Gasteiger partial charge in [0.1, 0.15) is 19.3 Å². The van der Waals surface area contributed by atoms with Gasteiger partial charge >= 0.3 is 0 Å². The smallest absolute Gasteiger partial charge is 0.255 e. The summed E-state index contributed by atoms with van der Waals surface area (Å²) in [5.41, 5.74) is 0.481. The largest absolute Gasteiger partial charge is 0.486 e. The van der Waals surface area contributed by atoms with E-state index in [-0.39, 0.29) is 18.1 Å². The molecule has 0 spiro atoms. The standard InChI is InChI=1S/C15H19NO5/c1-2-19-13-9-18-8-11(13)16-15(17)10-4-3-5-12-14(10)21-7-6-20-12/h3-5,11,13H,2,6-9H2,1H3,(H,16,17)/t11-,13-/m0/s1. The first-order valence-electron chi connectivity index (χ1n) is 7.18. The van der Waals surface area contributed by atoms with Crippen LogP contribution in [0.3, 0.4) is 0 Å². The molecule has 0 aliphatic carbocycles. The molecule has 2 aliphatic heterocycles. The predicted octanol–water partition coefficient (Wildman–Crippen LogP) is 0.991. The SMILES string of the molecule is CCO[C@H]1COC[C@@H]1NC(=O)c1cccc2c1OCCO2. The van der Waals surface area contributed by atoms with Crippen molar-refractivity contribution in [3.05, 3.63) is 23.8 Å². The predicted molar refractivity (Wildman–Crippen MR) is 74.9 cm³/mol. The second-order valence-corrected chi connectivity index (χ2v) is 4.94. The van der Waals surface area contributed by atoms with Crippen molar-refractivity contribution in [2.75, 3.05) is 33.0 Å². The van der Waals surface area contributed by atoms with E-state index in [4.69, 9.17) is 18.9 Å². The minimum atomic E-state index is -0.197. The molecule has 0 radical (unpaired) electrons. The summed E-state index contributed by atoms with van der Waals surface area (Å²) < 4.78 is 22.0. The Labute approximate surface area is 123 Å². The zero-order valence-electron chi connectivity index (χ0n) is 12.0. The van der Waals surface area contributed by atoms with Gasteiger partial charge in [0.25, 0.3) is 5.91 Å². The molecule has 1 fully saturated rings. The molecule has 3 rings (SSSR count). The van der Waals surface area contributed by atoms with Crippen LogP contribution in [0.4, 0.5) is 0 Å². The minimum Gasteiger partial charge on any atom is -0.486 e. The number of carbonyl (C=O) groups excluding carboxylic acids is 1. The first-order valence-corrected chi connectivity index (χ1v) is 7.18. The summed E-state index contributed by atoms with van der Waals surface area (Å²) in [6.07, 6.45) is -0.101. The van der Waals surface area contributed by atoms with Crippen LogP contribution in [0.25, 0.3) is 0 Å². The van der Waals surface area contributed by atoms with Crippen LogP contribution in [0.5, 0.6) is 11.5 Å². The first-order chi connectivity index (χ1) is 10.3. The van der Waals surface area contributed by atoms with E-state index in [1.54, 1.807) is 18.2 Å². The van der Waals surface area contributed by atoms with Crippen molar-refractivity contribution in [3.63, 3.8) is 0 Å². The highest BCUT2D eigenvalue weighted by Crippen LogP contribution is 2.33. The van der Waals surface area contributed by atoms with E-state index in [2.05, 4.69) is 5.32 Å². The molecule has 2 aliphatic rings. The van der Waals surface area contributed by atoms with E-state index in [0.29, 0.717) is 50.1 Å². The Morgan fingerprint density at radius 2 is 2.19 bits per heavy atom. The van der Waals surface area contributed by atoms with Gasteiger partial charge in [-0.3, -0.25) is 4.79 Å². The molecule has 1 aromatic rings. The highest BCUT2D eigenvalue weighted by Gasteiger charge is 2.31. The van der Waals surface area contributed by atoms with Crippen molar-refractivity contribution >= 4 is 5.91 Å². The van der Waals surface area contributed by atoms with Gasteiger partial charge in [-0.1, -0.05) is 6.07 Å². The van der Waals surface area contributed by atoms with Gasteiger partial charge in [0.05, 0.1) is 24.8 Å². The Morgan fingerprint density at radius 3 is 3.05 bits per heavy atom. The number of nitrogens with one attached hydrogen (secondary N) is 1. The molecule has 0 bridgehead atoms. The van der Waals surface area contributed by atoms with Crippen molar-refractivity contribution in [3.8, 4) is 11.5 Å². The van der Waals surface area contributed by atoms with Crippen molar-refractivity contribution in [1.29, 1.82) is 0 Å². The monoisotopic (exact) mass is 293 g/mol. The summed E-state index contributed by atoms with van der Waals surface area (Å²) >= 11 is 0. The third kappa shape index (κ3) is 2.96. The maximum atomic E-state index is 12.5. The van der Waals surface area contributed by atoms with Crippen molar-refractivity contribution < 1.29 is 23.7 Å². The number of rotatable bonds is 4. The number of hydrogen-bond donors (Lipinski definition) is 1. The van der Waals surface area contributed by atoms with E-state index < -0.39 is 0 Å². The van der Waals surface area contributed by atoms with Crippen LogP contribution in [0.1, 0.15) is 17.3 Å². The lowest BCUT2D eigenvalue weighted by molar-refractivity contribution is 0.0401. The van der Waals surface area contributed by atoms with Gasteiger partial charge in [-0.25, -0.2) is 0 Å². The summed E-state index contributed by atoms with van der Waals surface area (Å²) in [5, 5.41) is 2.96. The summed E-state index contributed by atoms with van der Waals surface area (Å²) in [5.74, 6) is 0.920. The van der Waals surface area contributed by atoms with E-state index in [1.807, 2.05) is 6.92 Å². The summed E-state index contributed by atoms with van der Waals surface area (Å²) in [6.45, 7) is 4.44. The van der Waals surface area contributed by atoms with Gasteiger partial charge in [-0.2, -0.15) is 0 Å².